The highest BCUT2D eigenvalue weighted by atomic mass is 32.2. The molecule has 84 valence electrons. The molecular formula is C9H20N2O2S. The van der Waals surface area contributed by atoms with Crippen LogP contribution in [-0.4, -0.2) is 53.7 Å². The molecule has 2 unspecified atom stereocenters. The van der Waals surface area contributed by atoms with E-state index >= 15 is 0 Å². The second-order valence-electron chi connectivity index (χ2n) is 3.54. The Bertz CT molecular complexity index is 207. The van der Waals surface area contributed by atoms with Gasteiger partial charge in [-0.1, -0.05) is 0 Å². The molecule has 0 aliphatic rings. The summed E-state index contributed by atoms with van der Waals surface area (Å²) in [6.07, 6.45) is 2.53. The number of nitrogens with zero attached hydrogens (tertiary/aromatic N) is 1. The average Bonchev–Trinajstić information content (AvgIpc) is 2.10. The van der Waals surface area contributed by atoms with E-state index in [4.69, 9.17) is 0 Å². The molecule has 0 fully saturated rings. The summed E-state index contributed by atoms with van der Waals surface area (Å²) < 4.78 is 10.7. The number of hydrogen-bond acceptors (Lipinski definition) is 3. The molecule has 0 saturated heterocycles. The summed E-state index contributed by atoms with van der Waals surface area (Å²) in [5.41, 5.74) is 0. The van der Waals surface area contributed by atoms with Crippen LogP contribution < -0.4 is 5.32 Å². The summed E-state index contributed by atoms with van der Waals surface area (Å²) in [5, 5.41) is 3.09. The van der Waals surface area contributed by atoms with Crippen LogP contribution in [0.25, 0.3) is 0 Å². The number of nitrogens with one attached hydrogen (secondary N) is 1. The minimum Gasteiger partial charge on any atom is -0.347 e. The van der Waals surface area contributed by atoms with Gasteiger partial charge in [0.25, 0.3) is 0 Å². The molecule has 0 radical (unpaired) electrons. The van der Waals surface area contributed by atoms with E-state index in [9.17, 15) is 9.00 Å². The van der Waals surface area contributed by atoms with E-state index in [0.717, 1.165) is 13.0 Å². The van der Waals surface area contributed by atoms with Crippen LogP contribution in [0.2, 0.25) is 0 Å². The predicted molar refractivity (Wildman–Crippen MR) is 59.7 cm³/mol. The highest BCUT2D eigenvalue weighted by molar-refractivity contribution is 7.84. The van der Waals surface area contributed by atoms with Gasteiger partial charge in [0.05, 0.1) is 6.04 Å². The Kier molecular flexibility index (Phi) is 6.74. The molecule has 0 aliphatic carbocycles. The van der Waals surface area contributed by atoms with Gasteiger partial charge in [-0.05, 0) is 19.9 Å². The first-order valence-electron chi connectivity index (χ1n) is 4.69. The van der Waals surface area contributed by atoms with Crippen molar-refractivity contribution in [1.82, 2.24) is 10.2 Å². The molecule has 0 rings (SSSR count). The van der Waals surface area contributed by atoms with Crippen molar-refractivity contribution in [2.24, 2.45) is 0 Å². The maximum Gasteiger partial charge on any atom is 0.238 e. The van der Waals surface area contributed by atoms with E-state index in [1.807, 2.05) is 6.92 Å². The number of likely N-dealkylation sites (N-methyl/N-ethyl adjacent to an activating group) is 1. The summed E-state index contributed by atoms with van der Waals surface area (Å²) in [6, 6.07) is -0.157. The lowest BCUT2D eigenvalue weighted by Gasteiger charge is -2.17. The maximum atomic E-state index is 11.4. The number of carbonyl (C=O) groups excluding carboxylic acids is 1. The largest absolute Gasteiger partial charge is 0.347 e. The lowest BCUT2D eigenvalue weighted by atomic mass is 10.3. The Balaban J connectivity index is 3.59. The Morgan fingerprint density at radius 1 is 1.50 bits per heavy atom. The van der Waals surface area contributed by atoms with Crippen molar-refractivity contribution in [2.45, 2.75) is 19.4 Å². The van der Waals surface area contributed by atoms with Gasteiger partial charge in [0.1, 0.15) is 0 Å². The third-order valence-corrected chi connectivity index (χ3v) is 2.73. The molecule has 0 bridgehead atoms. The van der Waals surface area contributed by atoms with Gasteiger partial charge in [0.15, 0.2) is 0 Å². The molecule has 2 atom stereocenters. The van der Waals surface area contributed by atoms with Crippen molar-refractivity contribution in [1.29, 1.82) is 0 Å². The van der Waals surface area contributed by atoms with Crippen LogP contribution in [0.5, 0.6) is 0 Å². The Morgan fingerprint density at radius 3 is 2.50 bits per heavy atom. The third-order valence-electron chi connectivity index (χ3n) is 1.87. The fourth-order valence-electron chi connectivity index (χ4n) is 1.07. The zero-order valence-electron chi connectivity index (χ0n) is 9.37. The van der Waals surface area contributed by atoms with Gasteiger partial charge in [-0.3, -0.25) is 9.00 Å². The first kappa shape index (κ1) is 13.6. The van der Waals surface area contributed by atoms with Crippen LogP contribution in [0.15, 0.2) is 0 Å². The summed E-state index contributed by atoms with van der Waals surface area (Å²) in [6.45, 7) is 2.57. The van der Waals surface area contributed by atoms with E-state index in [-0.39, 0.29) is 11.9 Å². The van der Waals surface area contributed by atoms with Crippen molar-refractivity contribution in [3.8, 4) is 0 Å². The molecule has 0 heterocycles. The Morgan fingerprint density at radius 2 is 2.07 bits per heavy atom. The first-order valence-corrected chi connectivity index (χ1v) is 6.42. The van der Waals surface area contributed by atoms with Gasteiger partial charge >= 0.3 is 0 Å². The molecular weight excluding hydrogens is 200 g/mol. The number of carbonyl (C=O) groups is 1. The molecule has 1 amide bonds. The molecule has 0 aromatic heterocycles. The van der Waals surface area contributed by atoms with E-state index in [2.05, 4.69) is 5.32 Å². The minimum absolute atomic E-state index is 0.0719. The summed E-state index contributed by atoms with van der Waals surface area (Å²) in [5.74, 6) is 0.762. The fraction of sp³-hybridized carbons (Fsp3) is 0.889. The molecule has 0 saturated carbocycles. The Hall–Kier alpha value is -0.420. The first-order chi connectivity index (χ1) is 6.45. The molecule has 0 aromatic carbocycles. The van der Waals surface area contributed by atoms with E-state index in [1.165, 1.54) is 0 Å². The smallest absolute Gasteiger partial charge is 0.238 e. The second kappa shape index (κ2) is 6.95. The molecule has 0 aromatic rings. The maximum absolute atomic E-state index is 11.4. The molecule has 5 heteroatoms. The molecule has 0 spiro atoms. The van der Waals surface area contributed by atoms with E-state index < -0.39 is 10.8 Å². The minimum atomic E-state index is -0.735. The number of amides is 1. The highest BCUT2D eigenvalue weighted by Crippen LogP contribution is 1.89. The lowest BCUT2D eigenvalue weighted by molar-refractivity contribution is -0.130. The standard InChI is InChI=1S/C9H20N2O2S/c1-8(9(12)11(2)3)10-6-5-7-14(4)13/h8,10H,5-7H2,1-4H3. The van der Waals surface area contributed by atoms with Crippen molar-refractivity contribution in [2.75, 3.05) is 32.6 Å². The zero-order chi connectivity index (χ0) is 11.1. The van der Waals surface area contributed by atoms with Gasteiger partial charge < -0.3 is 10.2 Å². The lowest BCUT2D eigenvalue weighted by Crippen LogP contribution is -2.42. The third kappa shape index (κ3) is 6.10. The number of hydrogen-bond donors (Lipinski definition) is 1. The van der Waals surface area contributed by atoms with Gasteiger partial charge in [-0.25, -0.2) is 0 Å². The second-order valence-corrected chi connectivity index (χ2v) is 5.09. The predicted octanol–water partition coefficient (Wildman–Crippen LogP) is -0.179. The van der Waals surface area contributed by atoms with Gasteiger partial charge in [0.2, 0.25) is 5.91 Å². The molecule has 0 aliphatic heterocycles. The van der Waals surface area contributed by atoms with Crippen LogP contribution in [0.1, 0.15) is 13.3 Å². The normalized spacial score (nSPS) is 14.9. The van der Waals surface area contributed by atoms with Gasteiger partial charge in [-0.2, -0.15) is 0 Å². The van der Waals surface area contributed by atoms with Gasteiger partial charge in [-0.15, -0.1) is 0 Å². The average molecular weight is 220 g/mol. The molecule has 4 nitrogen and oxygen atoms in total. The quantitative estimate of drug-likeness (QED) is 0.632. The van der Waals surface area contributed by atoms with Crippen LogP contribution in [0.4, 0.5) is 0 Å². The topological polar surface area (TPSA) is 49.4 Å². The SMILES string of the molecule is CC(NCCCS(C)=O)C(=O)N(C)C. The summed E-state index contributed by atoms with van der Waals surface area (Å²) in [4.78, 5) is 12.9. The van der Waals surface area contributed by atoms with E-state index in [0.29, 0.717) is 5.75 Å². The fourth-order valence-corrected chi connectivity index (χ4v) is 1.62. The van der Waals surface area contributed by atoms with Crippen molar-refractivity contribution in [3.63, 3.8) is 0 Å². The van der Waals surface area contributed by atoms with Crippen LogP contribution >= 0.6 is 0 Å². The summed E-state index contributed by atoms with van der Waals surface area (Å²) in [7, 11) is 2.74. The van der Waals surface area contributed by atoms with Crippen molar-refractivity contribution >= 4 is 16.7 Å². The van der Waals surface area contributed by atoms with Crippen molar-refractivity contribution in [3.05, 3.63) is 0 Å². The highest BCUT2D eigenvalue weighted by Gasteiger charge is 2.12. The zero-order valence-corrected chi connectivity index (χ0v) is 10.2. The number of rotatable bonds is 6. The van der Waals surface area contributed by atoms with E-state index in [1.54, 1.807) is 25.3 Å². The van der Waals surface area contributed by atoms with Crippen LogP contribution in [0, 0.1) is 0 Å². The molecule has 1 N–H and O–H groups in total. The van der Waals surface area contributed by atoms with Crippen LogP contribution in [-0.2, 0) is 15.6 Å². The Labute approximate surface area is 88.5 Å². The molecule has 14 heavy (non-hydrogen) atoms. The monoisotopic (exact) mass is 220 g/mol. The summed E-state index contributed by atoms with van der Waals surface area (Å²) >= 11 is 0. The van der Waals surface area contributed by atoms with Crippen LogP contribution in [0.3, 0.4) is 0 Å². The van der Waals surface area contributed by atoms with Crippen molar-refractivity contribution < 1.29 is 9.00 Å². The van der Waals surface area contributed by atoms with Gasteiger partial charge in [0, 0.05) is 36.9 Å².